The molecule has 0 aliphatic carbocycles. The van der Waals surface area contributed by atoms with E-state index in [2.05, 4.69) is 6.92 Å². The van der Waals surface area contributed by atoms with Crippen molar-refractivity contribution >= 4 is 5.91 Å². The lowest BCUT2D eigenvalue weighted by Gasteiger charge is -2.49. The van der Waals surface area contributed by atoms with Gasteiger partial charge in [0.2, 0.25) is 5.91 Å². The molecule has 0 aromatic heterocycles. The molecule has 104 valence electrons. The molecule has 19 heavy (non-hydrogen) atoms. The minimum Gasteiger partial charge on any atom is -0.386 e. The fourth-order valence-corrected chi connectivity index (χ4v) is 2.80. The van der Waals surface area contributed by atoms with E-state index in [0.29, 0.717) is 13.1 Å². The number of β-amino-alcohol motifs (C(OH)–C–C–N with tert-alkyl or cyclic N) is 1. The van der Waals surface area contributed by atoms with Crippen LogP contribution < -0.4 is 0 Å². The van der Waals surface area contributed by atoms with E-state index in [0.717, 1.165) is 18.4 Å². The summed E-state index contributed by atoms with van der Waals surface area (Å²) in [5.74, 6) is 0.0967. The predicted octanol–water partition coefficient (Wildman–Crippen LogP) is 2.34. The molecule has 3 heteroatoms. The summed E-state index contributed by atoms with van der Waals surface area (Å²) in [6.45, 7) is 6.88. The van der Waals surface area contributed by atoms with Crippen LogP contribution in [0, 0.1) is 0 Å². The van der Waals surface area contributed by atoms with Crippen molar-refractivity contribution < 1.29 is 9.90 Å². The molecular weight excluding hydrogens is 238 g/mol. The minimum atomic E-state index is -0.656. The highest BCUT2D eigenvalue weighted by molar-refractivity contribution is 5.88. The maximum Gasteiger partial charge on any atom is 0.232 e. The van der Waals surface area contributed by atoms with Crippen LogP contribution in [0.1, 0.15) is 39.2 Å². The molecule has 0 radical (unpaired) electrons. The van der Waals surface area contributed by atoms with Crippen molar-refractivity contribution in [3.63, 3.8) is 0 Å². The quantitative estimate of drug-likeness (QED) is 0.903. The highest BCUT2D eigenvalue weighted by atomic mass is 16.3. The molecule has 1 aromatic rings. The van der Waals surface area contributed by atoms with Crippen molar-refractivity contribution in [2.45, 2.75) is 44.6 Å². The van der Waals surface area contributed by atoms with E-state index in [4.69, 9.17) is 0 Å². The van der Waals surface area contributed by atoms with Gasteiger partial charge in [-0.15, -0.1) is 0 Å². The van der Waals surface area contributed by atoms with E-state index in [1.54, 1.807) is 4.90 Å². The summed E-state index contributed by atoms with van der Waals surface area (Å²) < 4.78 is 0. The topological polar surface area (TPSA) is 40.5 Å². The summed E-state index contributed by atoms with van der Waals surface area (Å²) in [6, 6.07) is 9.82. The summed E-state index contributed by atoms with van der Waals surface area (Å²) in [7, 11) is 0. The Kier molecular flexibility index (Phi) is 3.68. The Morgan fingerprint density at radius 2 is 1.89 bits per heavy atom. The number of hydrogen-bond acceptors (Lipinski definition) is 2. The van der Waals surface area contributed by atoms with Crippen molar-refractivity contribution in [3.8, 4) is 0 Å². The van der Waals surface area contributed by atoms with E-state index in [-0.39, 0.29) is 5.91 Å². The van der Waals surface area contributed by atoms with E-state index in [9.17, 15) is 9.90 Å². The van der Waals surface area contributed by atoms with Crippen LogP contribution in [0.4, 0.5) is 0 Å². The van der Waals surface area contributed by atoms with Crippen LogP contribution in [-0.4, -0.2) is 34.6 Å². The zero-order valence-corrected chi connectivity index (χ0v) is 12.0. The molecule has 1 amide bonds. The number of carbonyl (C=O) groups excluding carboxylic acids is 1. The van der Waals surface area contributed by atoms with Gasteiger partial charge in [0, 0.05) is 0 Å². The van der Waals surface area contributed by atoms with Gasteiger partial charge in [0.1, 0.15) is 0 Å². The van der Waals surface area contributed by atoms with Crippen LogP contribution >= 0.6 is 0 Å². The number of likely N-dealkylation sites (tertiary alicyclic amines) is 1. The van der Waals surface area contributed by atoms with Crippen molar-refractivity contribution in [2.24, 2.45) is 0 Å². The molecule has 0 atom stereocenters. The number of amides is 1. The van der Waals surface area contributed by atoms with E-state index >= 15 is 0 Å². The summed E-state index contributed by atoms with van der Waals surface area (Å²) >= 11 is 0. The Morgan fingerprint density at radius 3 is 2.42 bits per heavy atom. The van der Waals surface area contributed by atoms with Crippen molar-refractivity contribution in [3.05, 3.63) is 35.9 Å². The molecule has 0 unspecified atom stereocenters. The first-order chi connectivity index (χ1) is 8.89. The molecule has 2 rings (SSSR count). The SMILES string of the molecule is CCCC1(O)CN(C(=O)C(C)(C)c2ccccc2)C1. The van der Waals surface area contributed by atoms with Gasteiger partial charge in [-0.1, -0.05) is 43.7 Å². The van der Waals surface area contributed by atoms with Gasteiger partial charge in [-0.25, -0.2) is 0 Å². The highest BCUT2D eigenvalue weighted by Gasteiger charge is 2.46. The van der Waals surface area contributed by atoms with E-state index in [1.807, 2.05) is 44.2 Å². The highest BCUT2D eigenvalue weighted by Crippen LogP contribution is 2.32. The van der Waals surface area contributed by atoms with Gasteiger partial charge in [-0.2, -0.15) is 0 Å². The van der Waals surface area contributed by atoms with Gasteiger partial charge in [-0.3, -0.25) is 4.79 Å². The van der Waals surface area contributed by atoms with Gasteiger partial charge in [0.25, 0.3) is 0 Å². The third kappa shape index (κ3) is 2.66. The fraction of sp³-hybridized carbons (Fsp3) is 0.562. The minimum absolute atomic E-state index is 0.0967. The molecule has 1 aromatic carbocycles. The Bertz CT molecular complexity index is 447. The van der Waals surface area contributed by atoms with Crippen LogP contribution in [0.3, 0.4) is 0 Å². The number of benzene rings is 1. The van der Waals surface area contributed by atoms with Gasteiger partial charge in [0.05, 0.1) is 24.1 Å². The molecule has 1 aliphatic heterocycles. The predicted molar refractivity (Wildman–Crippen MR) is 75.9 cm³/mol. The Balaban J connectivity index is 2.06. The summed E-state index contributed by atoms with van der Waals surface area (Å²) in [6.07, 6.45) is 1.71. The monoisotopic (exact) mass is 261 g/mol. The largest absolute Gasteiger partial charge is 0.386 e. The maximum atomic E-state index is 12.6. The van der Waals surface area contributed by atoms with Crippen molar-refractivity contribution in [2.75, 3.05) is 13.1 Å². The third-order valence-corrected chi connectivity index (χ3v) is 4.00. The summed E-state index contributed by atoms with van der Waals surface area (Å²) in [4.78, 5) is 14.3. The molecule has 0 spiro atoms. The Labute approximate surface area is 115 Å². The first-order valence-electron chi connectivity index (χ1n) is 6.96. The fourth-order valence-electron chi connectivity index (χ4n) is 2.80. The zero-order valence-electron chi connectivity index (χ0n) is 12.0. The van der Waals surface area contributed by atoms with Crippen molar-refractivity contribution in [1.82, 2.24) is 4.90 Å². The molecule has 0 saturated carbocycles. The second-order valence-electron chi connectivity index (χ2n) is 6.13. The smallest absolute Gasteiger partial charge is 0.232 e. The molecule has 1 aliphatic rings. The number of nitrogens with zero attached hydrogens (tertiary/aromatic N) is 1. The standard InChI is InChI=1S/C16H23NO2/c1-4-10-16(19)11-17(12-16)14(18)15(2,3)13-8-6-5-7-9-13/h5-9,19H,4,10-12H2,1-3H3. The number of hydrogen-bond donors (Lipinski definition) is 1. The normalized spacial score (nSPS) is 18.0. The number of rotatable bonds is 4. The maximum absolute atomic E-state index is 12.6. The lowest BCUT2D eigenvalue weighted by Crippen LogP contribution is -2.65. The zero-order chi connectivity index (χ0) is 14.1. The Morgan fingerprint density at radius 1 is 1.32 bits per heavy atom. The number of carbonyl (C=O) groups is 1. The average Bonchev–Trinajstić information content (AvgIpc) is 2.36. The molecule has 0 bridgehead atoms. The lowest BCUT2D eigenvalue weighted by molar-refractivity contribution is -0.161. The average molecular weight is 261 g/mol. The molecule has 1 saturated heterocycles. The number of aliphatic hydroxyl groups is 1. The molecule has 1 fully saturated rings. The van der Waals surface area contributed by atoms with Crippen molar-refractivity contribution in [1.29, 1.82) is 0 Å². The molecule has 1 N–H and O–H groups in total. The van der Waals surface area contributed by atoms with Gasteiger partial charge in [0.15, 0.2) is 0 Å². The van der Waals surface area contributed by atoms with E-state index < -0.39 is 11.0 Å². The van der Waals surface area contributed by atoms with Crippen LogP contribution in [0.5, 0.6) is 0 Å². The van der Waals surface area contributed by atoms with E-state index in [1.165, 1.54) is 0 Å². The summed E-state index contributed by atoms with van der Waals surface area (Å²) in [5, 5.41) is 10.2. The van der Waals surface area contributed by atoms with Crippen LogP contribution in [-0.2, 0) is 10.2 Å². The molecule has 1 heterocycles. The molecular formula is C16H23NO2. The second-order valence-corrected chi connectivity index (χ2v) is 6.13. The summed E-state index contributed by atoms with van der Waals surface area (Å²) in [5.41, 5.74) is -0.169. The van der Waals surface area contributed by atoms with Crippen LogP contribution in [0.25, 0.3) is 0 Å². The van der Waals surface area contributed by atoms with Gasteiger partial charge < -0.3 is 10.0 Å². The second kappa shape index (κ2) is 4.97. The molecule has 3 nitrogen and oxygen atoms in total. The Hall–Kier alpha value is -1.35. The van der Waals surface area contributed by atoms with Gasteiger partial charge >= 0.3 is 0 Å². The first kappa shape index (κ1) is 14.1. The lowest BCUT2D eigenvalue weighted by atomic mass is 9.80. The van der Waals surface area contributed by atoms with Crippen LogP contribution in [0.15, 0.2) is 30.3 Å². The van der Waals surface area contributed by atoms with Crippen LogP contribution in [0.2, 0.25) is 0 Å². The van der Waals surface area contributed by atoms with Gasteiger partial charge in [-0.05, 0) is 25.8 Å². The first-order valence-corrected chi connectivity index (χ1v) is 6.96. The third-order valence-electron chi connectivity index (χ3n) is 4.00.